The fourth-order valence-corrected chi connectivity index (χ4v) is 4.88. The summed E-state index contributed by atoms with van der Waals surface area (Å²) in [5.41, 5.74) is 3.24. The van der Waals surface area contributed by atoms with Crippen LogP contribution >= 0.6 is 11.3 Å². The highest BCUT2D eigenvalue weighted by molar-refractivity contribution is 7.10. The lowest BCUT2D eigenvalue weighted by Crippen LogP contribution is -2.41. The van der Waals surface area contributed by atoms with E-state index in [0.29, 0.717) is 18.7 Å². The van der Waals surface area contributed by atoms with E-state index in [1.54, 1.807) is 32.7 Å². The van der Waals surface area contributed by atoms with Crippen LogP contribution in [0.4, 0.5) is 0 Å². The molecule has 30 heavy (non-hydrogen) atoms. The summed E-state index contributed by atoms with van der Waals surface area (Å²) in [4.78, 5) is 16.5. The second kappa shape index (κ2) is 8.79. The van der Waals surface area contributed by atoms with Gasteiger partial charge < -0.3 is 19.1 Å². The Bertz CT molecular complexity index is 1030. The molecular formula is C24H25NO4S. The summed E-state index contributed by atoms with van der Waals surface area (Å²) >= 11 is 1.66. The highest BCUT2D eigenvalue weighted by Gasteiger charge is 2.33. The highest BCUT2D eigenvalue weighted by atomic mass is 32.1. The van der Waals surface area contributed by atoms with E-state index in [1.807, 2.05) is 47.4 Å². The molecule has 156 valence electrons. The molecule has 0 saturated carbocycles. The van der Waals surface area contributed by atoms with Crippen molar-refractivity contribution in [3.05, 3.63) is 75.5 Å². The first-order valence-corrected chi connectivity index (χ1v) is 10.7. The van der Waals surface area contributed by atoms with Crippen LogP contribution in [-0.4, -0.2) is 38.7 Å². The molecule has 2 aromatic carbocycles. The first kappa shape index (κ1) is 20.3. The van der Waals surface area contributed by atoms with Gasteiger partial charge in [0.2, 0.25) is 5.91 Å². The lowest BCUT2D eigenvalue weighted by atomic mass is 9.90. The van der Waals surface area contributed by atoms with Crippen molar-refractivity contribution in [3.8, 4) is 17.2 Å². The number of carbonyl (C=O) groups is 1. The van der Waals surface area contributed by atoms with Gasteiger partial charge >= 0.3 is 0 Å². The van der Waals surface area contributed by atoms with Crippen molar-refractivity contribution in [2.75, 3.05) is 27.9 Å². The molecular weight excluding hydrogens is 398 g/mol. The number of benzene rings is 2. The van der Waals surface area contributed by atoms with Gasteiger partial charge in [-0.15, -0.1) is 11.3 Å². The van der Waals surface area contributed by atoms with Crippen molar-refractivity contribution in [3.63, 3.8) is 0 Å². The molecule has 0 aliphatic carbocycles. The maximum Gasteiger partial charge on any atom is 0.227 e. The molecule has 0 N–H and O–H groups in total. The molecule has 1 aliphatic rings. The maximum atomic E-state index is 13.4. The Morgan fingerprint density at radius 2 is 1.83 bits per heavy atom. The minimum absolute atomic E-state index is 0.0992. The average Bonchev–Trinajstić information content (AvgIpc) is 3.31. The molecule has 5 nitrogen and oxygen atoms in total. The Morgan fingerprint density at radius 1 is 1.03 bits per heavy atom. The molecule has 1 atom stereocenters. The highest BCUT2D eigenvalue weighted by Crippen LogP contribution is 2.42. The fraction of sp³-hybridized carbons (Fsp3) is 0.292. The van der Waals surface area contributed by atoms with Gasteiger partial charge in [-0.25, -0.2) is 0 Å². The van der Waals surface area contributed by atoms with Crippen molar-refractivity contribution < 1.29 is 19.0 Å². The summed E-state index contributed by atoms with van der Waals surface area (Å²) in [6.45, 7) is 0.661. The zero-order valence-corrected chi connectivity index (χ0v) is 18.2. The molecule has 6 heteroatoms. The number of thiophene rings is 1. The topological polar surface area (TPSA) is 48.0 Å². The van der Waals surface area contributed by atoms with Gasteiger partial charge in [-0.1, -0.05) is 18.2 Å². The molecule has 0 spiro atoms. The van der Waals surface area contributed by atoms with Crippen LogP contribution in [-0.2, 0) is 17.6 Å². The smallest absolute Gasteiger partial charge is 0.227 e. The van der Waals surface area contributed by atoms with Crippen LogP contribution in [0.3, 0.4) is 0 Å². The van der Waals surface area contributed by atoms with Crippen molar-refractivity contribution in [1.29, 1.82) is 0 Å². The zero-order chi connectivity index (χ0) is 21.1. The van der Waals surface area contributed by atoms with E-state index in [9.17, 15) is 4.79 Å². The number of rotatable bonds is 6. The van der Waals surface area contributed by atoms with Gasteiger partial charge in [-0.3, -0.25) is 4.79 Å². The molecule has 0 bridgehead atoms. The minimum atomic E-state index is -0.133. The maximum absolute atomic E-state index is 13.4. The molecule has 0 saturated heterocycles. The van der Waals surface area contributed by atoms with Crippen LogP contribution in [0, 0.1) is 0 Å². The first-order valence-electron chi connectivity index (χ1n) is 9.85. The summed E-state index contributed by atoms with van der Waals surface area (Å²) in [6.07, 6.45) is 1.11. The Balaban J connectivity index is 1.71. The van der Waals surface area contributed by atoms with E-state index in [0.717, 1.165) is 33.9 Å². The Hall–Kier alpha value is -2.99. The first-order chi connectivity index (χ1) is 14.6. The number of hydrogen-bond donors (Lipinski definition) is 0. The number of carbonyl (C=O) groups excluding carboxylic acids is 1. The van der Waals surface area contributed by atoms with Crippen LogP contribution in [0.25, 0.3) is 0 Å². The summed E-state index contributed by atoms with van der Waals surface area (Å²) < 4.78 is 16.3. The zero-order valence-electron chi connectivity index (χ0n) is 17.4. The van der Waals surface area contributed by atoms with Gasteiger partial charge in [0.25, 0.3) is 0 Å². The van der Waals surface area contributed by atoms with Gasteiger partial charge in [0, 0.05) is 11.4 Å². The number of hydrogen-bond acceptors (Lipinski definition) is 5. The van der Waals surface area contributed by atoms with Crippen LogP contribution < -0.4 is 14.2 Å². The van der Waals surface area contributed by atoms with E-state index >= 15 is 0 Å². The van der Waals surface area contributed by atoms with Crippen LogP contribution in [0.15, 0.2) is 53.9 Å². The van der Waals surface area contributed by atoms with Crippen LogP contribution in [0.5, 0.6) is 17.2 Å². The summed E-state index contributed by atoms with van der Waals surface area (Å²) in [6, 6.07) is 15.7. The van der Waals surface area contributed by atoms with Gasteiger partial charge in [-0.2, -0.15) is 0 Å². The summed E-state index contributed by atoms with van der Waals surface area (Å²) in [7, 11) is 4.92. The van der Waals surface area contributed by atoms with Gasteiger partial charge in [0.05, 0.1) is 33.8 Å². The summed E-state index contributed by atoms with van der Waals surface area (Å²) in [5, 5.41) is 2.05. The predicted octanol–water partition coefficient (Wildman–Crippen LogP) is 4.49. The third kappa shape index (κ3) is 3.87. The Morgan fingerprint density at radius 3 is 2.53 bits per heavy atom. The lowest BCUT2D eigenvalue weighted by molar-refractivity contribution is -0.132. The molecule has 4 rings (SSSR count). The van der Waals surface area contributed by atoms with E-state index in [4.69, 9.17) is 14.2 Å². The van der Waals surface area contributed by atoms with Crippen LogP contribution in [0.1, 0.15) is 27.6 Å². The number of nitrogens with zero attached hydrogens (tertiary/aromatic N) is 1. The normalized spacial score (nSPS) is 15.4. The molecule has 3 aromatic rings. The van der Waals surface area contributed by atoms with Crippen LogP contribution in [0.2, 0.25) is 0 Å². The fourth-order valence-electron chi connectivity index (χ4n) is 4.03. The third-order valence-corrected chi connectivity index (χ3v) is 6.42. The molecule has 0 fully saturated rings. The molecule has 2 heterocycles. The van der Waals surface area contributed by atoms with Crippen molar-refractivity contribution in [1.82, 2.24) is 4.90 Å². The quantitative estimate of drug-likeness (QED) is 0.586. The number of fused-ring (bicyclic) bond motifs is 1. The monoisotopic (exact) mass is 423 g/mol. The number of methoxy groups -OCH3 is 3. The van der Waals surface area contributed by atoms with Gasteiger partial charge in [0.1, 0.15) is 5.75 Å². The van der Waals surface area contributed by atoms with Crippen molar-refractivity contribution >= 4 is 17.2 Å². The Kier molecular flexibility index (Phi) is 5.95. The number of amides is 1. The average molecular weight is 424 g/mol. The second-order valence-electron chi connectivity index (χ2n) is 7.19. The van der Waals surface area contributed by atoms with Gasteiger partial charge in [0.15, 0.2) is 11.5 Å². The molecule has 1 unspecified atom stereocenters. The van der Waals surface area contributed by atoms with E-state index < -0.39 is 0 Å². The third-order valence-electron chi connectivity index (χ3n) is 5.50. The van der Waals surface area contributed by atoms with Gasteiger partial charge in [-0.05, 0) is 58.8 Å². The molecule has 1 amide bonds. The molecule has 1 aromatic heterocycles. The minimum Gasteiger partial charge on any atom is -0.497 e. The second-order valence-corrected chi connectivity index (χ2v) is 8.17. The summed E-state index contributed by atoms with van der Waals surface area (Å²) in [5.74, 6) is 2.26. The standard InChI is InChI=1S/C24H25NO4S/c1-27-18-7-4-6-16(12-18)13-23(26)25-10-9-17-14-20(28-2)21(29-3)15-19(17)24(25)22-8-5-11-30-22/h4-8,11-12,14-15,24H,9-10,13H2,1-3H3. The van der Waals surface area contributed by atoms with Crippen molar-refractivity contribution in [2.45, 2.75) is 18.9 Å². The van der Waals surface area contributed by atoms with Crippen molar-refractivity contribution in [2.24, 2.45) is 0 Å². The van der Waals surface area contributed by atoms with E-state index in [2.05, 4.69) is 11.4 Å². The SMILES string of the molecule is COc1cccc(CC(=O)N2CCc3cc(OC)c(OC)cc3C2c2cccs2)c1. The van der Waals surface area contributed by atoms with E-state index in [-0.39, 0.29) is 11.9 Å². The largest absolute Gasteiger partial charge is 0.497 e. The molecule has 0 radical (unpaired) electrons. The Labute approximate surface area is 180 Å². The lowest BCUT2D eigenvalue weighted by Gasteiger charge is -2.37. The molecule has 1 aliphatic heterocycles. The number of ether oxygens (including phenoxy) is 3. The predicted molar refractivity (Wildman–Crippen MR) is 118 cm³/mol. The van der Waals surface area contributed by atoms with E-state index in [1.165, 1.54) is 5.56 Å².